The third kappa shape index (κ3) is 5.11. The Balaban J connectivity index is 2.18. The molecule has 1 N–H and O–H groups in total. The molecule has 140 valence electrons. The second-order valence-electron chi connectivity index (χ2n) is 5.85. The summed E-state index contributed by atoms with van der Waals surface area (Å²) < 4.78 is 38.8. The molecule has 0 saturated carbocycles. The lowest BCUT2D eigenvalue weighted by atomic mass is 10.1. The topological polar surface area (TPSA) is 45.2 Å². The molecule has 0 saturated heterocycles. The van der Waals surface area contributed by atoms with Crippen LogP contribution in [-0.4, -0.2) is 24.5 Å². The van der Waals surface area contributed by atoms with E-state index in [1.165, 1.54) is 12.3 Å². The Kier molecular flexibility index (Phi) is 6.47. The Morgan fingerprint density at radius 2 is 2.00 bits per heavy atom. The summed E-state index contributed by atoms with van der Waals surface area (Å²) in [5.41, 5.74) is 0.0344. The predicted octanol–water partition coefficient (Wildman–Crippen LogP) is 5.24. The van der Waals surface area contributed by atoms with Crippen molar-refractivity contribution >= 4 is 28.9 Å². The van der Waals surface area contributed by atoms with Crippen LogP contribution in [-0.2, 0) is 6.18 Å². The van der Waals surface area contributed by atoms with Gasteiger partial charge in [0, 0.05) is 25.5 Å². The lowest BCUT2D eigenvalue weighted by Crippen LogP contribution is -2.20. The van der Waals surface area contributed by atoms with E-state index >= 15 is 0 Å². The molecule has 2 rings (SSSR count). The van der Waals surface area contributed by atoms with E-state index in [0.29, 0.717) is 0 Å². The standard InChI is InChI=1S/C18H19ClF3N3O/c1-3-4-7-25(2)14-8-12(10-23-11-14)17(26)24-13-5-6-16(19)15(9-13)18(20,21)22/h5-6,8-11H,3-4,7H2,1-2H3,(H,24,26). The fraction of sp³-hybridized carbons (Fsp3) is 0.333. The van der Waals surface area contributed by atoms with E-state index in [4.69, 9.17) is 11.6 Å². The highest BCUT2D eigenvalue weighted by Gasteiger charge is 2.33. The van der Waals surface area contributed by atoms with Crippen LogP contribution in [0.4, 0.5) is 24.5 Å². The summed E-state index contributed by atoms with van der Waals surface area (Å²) in [5, 5.41) is 2.03. The summed E-state index contributed by atoms with van der Waals surface area (Å²) in [5.74, 6) is -0.543. The average Bonchev–Trinajstić information content (AvgIpc) is 2.60. The van der Waals surface area contributed by atoms with Gasteiger partial charge in [-0.3, -0.25) is 9.78 Å². The van der Waals surface area contributed by atoms with Crippen molar-refractivity contribution in [1.82, 2.24) is 4.98 Å². The molecule has 0 spiro atoms. The van der Waals surface area contributed by atoms with Gasteiger partial charge in [-0.25, -0.2) is 0 Å². The van der Waals surface area contributed by atoms with Crippen molar-refractivity contribution in [2.24, 2.45) is 0 Å². The fourth-order valence-electron chi connectivity index (χ4n) is 2.31. The number of halogens is 4. The third-order valence-electron chi connectivity index (χ3n) is 3.80. The molecule has 0 atom stereocenters. The van der Waals surface area contributed by atoms with Crippen LogP contribution in [0.1, 0.15) is 35.7 Å². The van der Waals surface area contributed by atoms with Crippen LogP contribution in [0.2, 0.25) is 5.02 Å². The number of rotatable bonds is 6. The number of hydrogen-bond acceptors (Lipinski definition) is 3. The van der Waals surface area contributed by atoms with E-state index in [2.05, 4.69) is 17.2 Å². The lowest BCUT2D eigenvalue weighted by Gasteiger charge is -2.19. The largest absolute Gasteiger partial charge is 0.417 e. The van der Waals surface area contributed by atoms with Gasteiger partial charge in [0.2, 0.25) is 0 Å². The first-order valence-corrected chi connectivity index (χ1v) is 8.44. The van der Waals surface area contributed by atoms with Gasteiger partial charge in [-0.1, -0.05) is 24.9 Å². The zero-order chi connectivity index (χ0) is 19.3. The highest BCUT2D eigenvalue weighted by atomic mass is 35.5. The summed E-state index contributed by atoms with van der Waals surface area (Å²) in [6, 6.07) is 4.89. The monoisotopic (exact) mass is 385 g/mol. The molecule has 4 nitrogen and oxygen atoms in total. The van der Waals surface area contributed by atoms with Gasteiger partial charge in [0.1, 0.15) is 0 Å². The lowest BCUT2D eigenvalue weighted by molar-refractivity contribution is -0.137. The van der Waals surface area contributed by atoms with Gasteiger partial charge in [0.05, 0.1) is 28.0 Å². The van der Waals surface area contributed by atoms with E-state index in [9.17, 15) is 18.0 Å². The number of amides is 1. The van der Waals surface area contributed by atoms with Crippen LogP contribution in [0.5, 0.6) is 0 Å². The van der Waals surface area contributed by atoms with E-state index in [0.717, 1.165) is 37.2 Å². The minimum Gasteiger partial charge on any atom is -0.373 e. The number of benzene rings is 1. The minimum atomic E-state index is -4.60. The van der Waals surface area contributed by atoms with Crippen molar-refractivity contribution in [2.75, 3.05) is 23.8 Å². The van der Waals surface area contributed by atoms with Crippen molar-refractivity contribution in [1.29, 1.82) is 0 Å². The molecule has 1 heterocycles. The molecular weight excluding hydrogens is 367 g/mol. The number of nitrogens with one attached hydrogen (secondary N) is 1. The molecular formula is C18H19ClF3N3O. The zero-order valence-corrected chi connectivity index (χ0v) is 15.2. The summed E-state index contributed by atoms with van der Waals surface area (Å²) in [7, 11) is 1.89. The Bertz CT molecular complexity index is 781. The van der Waals surface area contributed by atoms with Gasteiger partial charge in [-0.2, -0.15) is 13.2 Å². The summed E-state index contributed by atoms with van der Waals surface area (Å²) in [6.45, 7) is 2.90. The molecule has 0 bridgehead atoms. The number of carbonyl (C=O) groups is 1. The van der Waals surface area contributed by atoms with Crippen LogP contribution < -0.4 is 10.2 Å². The molecule has 0 aliphatic heterocycles. The molecule has 0 fully saturated rings. The first-order valence-electron chi connectivity index (χ1n) is 8.06. The van der Waals surface area contributed by atoms with Crippen LogP contribution >= 0.6 is 11.6 Å². The number of aromatic nitrogens is 1. The van der Waals surface area contributed by atoms with Crippen molar-refractivity contribution in [3.63, 3.8) is 0 Å². The number of nitrogens with zero attached hydrogens (tertiary/aromatic N) is 2. The summed E-state index contributed by atoms with van der Waals surface area (Å²) in [6.07, 6.45) is 0.443. The molecule has 0 aliphatic carbocycles. The van der Waals surface area contributed by atoms with E-state index < -0.39 is 22.7 Å². The van der Waals surface area contributed by atoms with Crippen molar-refractivity contribution in [2.45, 2.75) is 25.9 Å². The van der Waals surface area contributed by atoms with Crippen molar-refractivity contribution in [3.05, 3.63) is 52.8 Å². The molecule has 26 heavy (non-hydrogen) atoms. The molecule has 0 radical (unpaired) electrons. The third-order valence-corrected chi connectivity index (χ3v) is 4.13. The minimum absolute atomic E-state index is 0.0106. The van der Waals surface area contributed by atoms with Crippen LogP contribution in [0.25, 0.3) is 0 Å². The first kappa shape index (κ1) is 20.0. The number of pyridine rings is 1. The van der Waals surface area contributed by atoms with Gasteiger partial charge >= 0.3 is 6.18 Å². The highest BCUT2D eigenvalue weighted by Crippen LogP contribution is 2.36. The molecule has 8 heteroatoms. The average molecular weight is 386 g/mol. The molecule has 0 aliphatic rings. The molecule has 1 aromatic carbocycles. The molecule has 0 unspecified atom stereocenters. The van der Waals surface area contributed by atoms with E-state index in [1.807, 2.05) is 11.9 Å². The molecule has 1 aromatic heterocycles. The Morgan fingerprint density at radius 3 is 2.65 bits per heavy atom. The first-order chi connectivity index (χ1) is 12.2. The second-order valence-corrected chi connectivity index (χ2v) is 6.26. The maximum Gasteiger partial charge on any atom is 0.417 e. The van der Waals surface area contributed by atoms with Crippen molar-refractivity contribution < 1.29 is 18.0 Å². The number of hydrogen-bond donors (Lipinski definition) is 1. The number of alkyl halides is 3. The van der Waals surface area contributed by atoms with E-state index in [1.54, 1.807) is 12.3 Å². The van der Waals surface area contributed by atoms with Crippen LogP contribution in [0, 0.1) is 0 Å². The Morgan fingerprint density at radius 1 is 1.27 bits per heavy atom. The van der Waals surface area contributed by atoms with Gasteiger partial charge in [0.15, 0.2) is 0 Å². The van der Waals surface area contributed by atoms with Crippen molar-refractivity contribution in [3.8, 4) is 0 Å². The number of carbonyl (C=O) groups excluding carboxylic acids is 1. The predicted molar refractivity (Wildman–Crippen MR) is 96.8 cm³/mol. The van der Waals surface area contributed by atoms with Gasteiger partial charge < -0.3 is 10.2 Å². The Hall–Kier alpha value is -2.28. The molecule has 2 aromatic rings. The van der Waals surface area contributed by atoms with E-state index in [-0.39, 0.29) is 11.3 Å². The van der Waals surface area contributed by atoms with Gasteiger partial charge in [0.25, 0.3) is 5.91 Å². The summed E-state index contributed by atoms with van der Waals surface area (Å²) >= 11 is 5.58. The van der Waals surface area contributed by atoms with Gasteiger partial charge in [-0.15, -0.1) is 0 Å². The maximum absolute atomic E-state index is 12.9. The van der Waals surface area contributed by atoms with Gasteiger partial charge in [-0.05, 0) is 30.7 Å². The number of anilines is 2. The fourth-order valence-corrected chi connectivity index (χ4v) is 2.53. The zero-order valence-electron chi connectivity index (χ0n) is 14.4. The maximum atomic E-state index is 12.9. The SMILES string of the molecule is CCCCN(C)c1cncc(C(=O)Nc2ccc(Cl)c(C(F)(F)F)c2)c1. The summed E-state index contributed by atoms with van der Waals surface area (Å²) in [4.78, 5) is 18.4. The van der Waals surface area contributed by atoms with Crippen LogP contribution in [0.3, 0.4) is 0 Å². The normalized spacial score (nSPS) is 11.3. The quantitative estimate of drug-likeness (QED) is 0.739. The van der Waals surface area contributed by atoms with Crippen LogP contribution in [0.15, 0.2) is 36.7 Å². The number of unbranched alkanes of at least 4 members (excludes halogenated alkanes) is 1. The Labute approximate surface area is 155 Å². The second kappa shape index (κ2) is 8.40. The smallest absolute Gasteiger partial charge is 0.373 e. The molecule has 1 amide bonds. The highest BCUT2D eigenvalue weighted by molar-refractivity contribution is 6.31.